The molecule has 0 aliphatic rings. The molecule has 2 aromatic carbocycles. The lowest BCUT2D eigenvalue weighted by atomic mass is 10.1. The monoisotopic (exact) mass is 327 g/mol. The maximum atomic E-state index is 13.3. The van der Waals surface area contributed by atoms with Crippen molar-refractivity contribution in [1.29, 1.82) is 0 Å². The summed E-state index contributed by atoms with van der Waals surface area (Å²) in [6.07, 6.45) is -4.53. The zero-order chi connectivity index (χ0) is 17.2. The molecule has 23 heavy (non-hydrogen) atoms. The summed E-state index contributed by atoms with van der Waals surface area (Å²) in [6, 6.07) is 6.76. The van der Waals surface area contributed by atoms with Gasteiger partial charge in [0.05, 0.1) is 18.2 Å². The van der Waals surface area contributed by atoms with E-state index in [-0.39, 0.29) is 22.6 Å². The fourth-order valence-corrected chi connectivity index (χ4v) is 2.06. The summed E-state index contributed by atoms with van der Waals surface area (Å²) in [5.41, 5.74) is -0.957. The third kappa shape index (κ3) is 3.80. The highest BCUT2D eigenvalue weighted by Gasteiger charge is 2.32. The van der Waals surface area contributed by atoms with E-state index in [2.05, 4.69) is 5.32 Å². The predicted octanol–water partition coefficient (Wildman–Crippen LogP) is 4.41. The second kappa shape index (κ2) is 6.28. The quantitative estimate of drug-likeness (QED) is 0.848. The van der Waals surface area contributed by atoms with E-state index in [1.165, 1.54) is 32.2 Å². The van der Waals surface area contributed by atoms with Gasteiger partial charge < -0.3 is 10.1 Å². The summed E-state index contributed by atoms with van der Waals surface area (Å²) in [7, 11) is 1.30. The van der Waals surface area contributed by atoms with Crippen molar-refractivity contribution < 1.29 is 27.1 Å². The highest BCUT2D eigenvalue weighted by Crippen LogP contribution is 2.33. The molecule has 122 valence electrons. The number of amides is 1. The van der Waals surface area contributed by atoms with Gasteiger partial charge in [-0.2, -0.15) is 13.2 Å². The van der Waals surface area contributed by atoms with Crippen LogP contribution in [0.15, 0.2) is 36.4 Å². The van der Waals surface area contributed by atoms with Gasteiger partial charge in [-0.25, -0.2) is 4.39 Å². The summed E-state index contributed by atoms with van der Waals surface area (Å²) in [5, 5.41) is 2.31. The Balaban J connectivity index is 2.33. The van der Waals surface area contributed by atoms with Crippen molar-refractivity contribution in [2.45, 2.75) is 13.1 Å². The first kappa shape index (κ1) is 16.8. The van der Waals surface area contributed by atoms with Crippen LogP contribution in [0.5, 0.6) is 5.75 Å². The van der Waals surface area contributed by atoms with E-state index in [4.69, 9.17) is 4.74 Å². The van der Waals surface area contributed by atoms with Crippen molar-refractivity contribution in [3.05, 3.63) is 58.9 Å². The molecule has 0 fully saturated rings. The number of anilines is 1. The third-order valence-electron chi connectivity index (χ3n) is 3.21. The topological polar surface area (TPSA) is 38.3 Å². The van der Waals surface area contributed by atoms with Crippen LogP contribution < -0.4 is 10.1 Å². The largest absolute Gasteiger partial charge is 0.496 e. The number of aryl methyl sites for hydroxylation is 1. The van der Waals surface area contributed by atoms with Crippen molar-refractivity contribution in [3.8, 4) is 5.75 Å². The lowest BCUT2D eigenvalue weighted by molar-refractivity contribution is -0.138. The molecule has 3 nitrogen and oxygen atoms in total. The Hall–Kier alpha value is -2.57. The zero-order valence-electron chi connectivity index (χ0n) is 12.3. The Bertz CT molecular complexity index is 741. The van der Waals surface area contributed by atoms with E-state index in [0.29, 0.717) is 0 Å². The number of nitrogens with one attached hydrogen (secondary N) is 1. The summed E-state index contributed by atoms with van der Waals surface area (Å²) in [5.74, 6) is -1.30. The number of hydrogen-bond donors (Lipinski definition) is 1. The SMILES string of the molecule is COc1ccc(F)cc1C(=O)Nc1ccc(C)c(C(F)(F)F)c1. The number of methoxy groups -OCH3 is 1. The van der Waals surface area contributed by atoms with Crippen molar-refractivity contribution in [1.82, 2.24) is 0 Å². The summed E-state index contributed by atoms with van der Waals surface area (Å²) >= 11 is 0. The lowest BCUT2D eigenvalue weighted by Crippen LogP contribution is -2.15. The van der Waals surface area contributed by atoms with Gasteiger partial charge in [-0.3, -0.25) is 4.79 Å². The number of ether oxygens (including phenoxy) is 1. The number of carbonyl (C=O) groups excluding carboxylic acids is 1. The van der Waals surface area contributed by atoms with Crippen LogP contribution in [0.2, 0.25) is 0 Å². The van der Waals surface area contributed by atoms with Crippen molar-refractivity contribution in [2.24, 2.45) is 0 Å². The van der Waals surface area contributed by atoms with Crippen molar-refractivity contribution in [2.75, 3.05) is 12.4 Å². The molecule has 1 N–H and O–H groups in total. The van der Waals surface area contributed by atoms with Crippen LogP contribution in [0.25, 0.3) is 0 Å². The van der Waals surface area contributed by atoms with Crippen LogP contribution >= 0.6 is 0 Å². The Labute approximate surface area is 129 Å². The Kier molecular flexibility index (Phi) is 4.58. The molecule has 2 rings (SSSR count). The van der Waals surface area contributed by atoms with E-state index < -0.39 is 23.5 Å². The minimum Gasteiger partial charge on any atom is -0.496 e. The molecule has 0 spiro atoms. The van der Waals surface area contributed by atoms with Gasteiger partial charge in [-0.1, -0.05) is 6.07 Å². The van der Waals surface area contributed by atoms with Crippen LogP contribution in [-0.2, 0) is 6.18 Å². The number of alkyl halides is 3. The van der Waals surface area contributed by atoms with Gasteiger partial charge in [-0.05, 0) is 42.8 Å². The molecule has 7 heteroatoms. The molecule has 0 heterocycles. The molecule has 0 bridgehead atoms. The third-order valence-corrected chi connectivity index (χ3v) is 3.21. The predicted molar refractivity (Wildman–Crippen MR) is 77.1 cm³/mol. The molecule has 0 saturated heterocycles. The molecular formula is C16H13F4NO2. The standard InChI is InChI=1S/C16H13F4NO2/c1-9-3-5-11(8-13(9)16(18,19)20)21-15(22)12-7-10(17)4-6-14(12)23-2/h3-8H,1-2H3,(H,21,22). The van der Waals surface area contributed by atoms with Gasteiger partial charge >= 0.3 is 6.18 Å². The molecule has 0 saturated carbocycles. The Morgan fingerprint density at radius 1 is 1.13 bits per heavy atom. The van der Waals surface area contributed by atoms with E-state index in [1.807, 2.05) is 0 Å². The second-order valence-electron chi connectivity index (χ2n) is 4.83. The van der Waals surface area contributed by atoms with Gasteiger partial charge in [0.25, 0.3) is 5.91 Å². The first-order valence-corrected chi connectivity index (χ1v) is 6.55. The smallest absolute Gasteiger partial charge is 0.416 e. The maximum Gasteiger partial charge on any atom is 0.416 e. The molecule has 0 atom stereocenters. The maximum absolute atomic E-state index is 13.3. The highest BCUT2D eigenvalue weighted by molar-refractivity contribution is 6.06. The zero-order valence-corrected chi connectivity index (χ0v) is 12.3. The van der Waals surface area contributed by atoms with Gasteiger partial charge in [0.1, 0.15) is 11.6 Å². The van der Waals surface area contributed by atoms with Gasteiger partial charge in [0, 0.05) is 5.69 Å². The average molecular weight is 327 g/mol. The molecule has 0 unspecified atom stereocenters. The first-order valence-electron chi connectivity index (χ1n) is 6.55. The summed E-state index contributed by atoms with van der Waals surface area (Å²) in [4.78, 5) is 12.2. The fourth-order valence-electron chi connectivity index (χ4n) is 2.06. The van der Waals surface area contributed by atoms with E-state index >= 15 is 0 Å². The average Bonchev–Trinajstić information content (AvgIpc) is 2.48. The highest BCUT2D eigenvalue weighted by atomic mass is 19.4. The lowest BCUT2D eigenvalue weighted by Gasteiger charge is -2.13. The Morgan fingerprint density at radius 2 is 1.83 bits per heavy atom. The minimum absolute atomic E-state index is 0.0406. The van der Waals surface area contributed by atoms with Crippen LogP contribution in [0.3, 0.4) is 0 Å². The van der Waals surface area contributed by atoms with Crippen molar-refractivity contribution >= 4 is 11.6 Å². The van der Waals surface area contributed by atoms with Gasteiger partial charge in [-0.15, -0.1) is 0 Å². The molecule has 1 amide bonds. The van der Waals surface area contributed by atoms with Crippen LogP contribution in [0.4, 0.5) is 23.2 Å². The molecule has 0 aliphatic carbocycles. The molecular weight excluding hydrogens is 314 g/mol. The van der Waals surface area contributed by atoms with E-state index in [0.717, 1.165) is 18.2 Å². The molecule has 0 radical (unpaired) electrons. The molecule has 2 aromatic rings. The first-order chi connectivity index (χ1) is 10.7. The van der Waals surface area contributed by atoms with Crippen LogP contribution in [-0.4, -0.2) is 13.0 Å². The molecule has 0 aromatic heterocycles. The fraction of sp³-hybridized carbons (Fsp3) is 0.188. The number of benzene rings is 2. The number of halogens is 4. The van der Waals surface area contributed by atoms with Gasteiger partial charge in [0.15, 0.2) is 0 Å². The van der Waals surface area contributed by atoms with Crippen LogP contribution in [0, 0.1) is 12.7 Å². The summed E-state index contributed by atoms with van der Waals surface area (Å²) in [6.45, 7) is 1.32. The number of rotatable bonds is 3. The number of hydrogen-bond acceptors (Lipinski definition) is 2. The summed E-state index contributed by atoms with van der Waals surface area (Å²) < 4.78 is 56.9. The van der Waals surface area contributed by atoms with Crippen LogP contribution in [0.1, 0.15) is 21.5 Å². The van der Waals surface area contributed by atoms with Gasteiger partial charge in [0.2, 0.25) is 0 Å². The van der Waals surface area contributed by atoms with E-state index in [1.54, 1.807) is 0 Å². The minimum atomic E-state index is -4.53. The molecule has 0 aliphatic heterocycles. The second-order valence-corrected chi connectivity index (χ2v) is 4.83. The Morgan fingerprint density at radius 3 is 2.43 bits per heavy atom. The van der Waals surface area contributed by atoms with Crippen molar-refractivity contribution in [3.63, 3.8) is 0 Å². The van der Waals surface area contributed by atoms with E-state index in [9.17, 15) is 22.4 Å². The normalized spacial score (nSPS) is 11.2. The number of carbonyl (C=O) groups is 1.